The molecule has 31 heavy (non-hydrogen) atoms. The van der Waals surface area contributed by atoms with Crippen molar-refractivity contribution in [2.45, 2.75) is 6.61 Å². The van der Waals surface area contributed by atoms with E-state index in [0.29, 0.717) is 22.8 Å². The predicted molar refractivity (Wildman–Crippen MR) is 112 cm³/mol. The number of para-hydroxylation sites is 2. The summed E-state index contributed by atoms with van der Waals surface area (Å²) in [5.74, 6) is 0.848. The highest BCUT2D eigenvalue weighted by Crippen LogP contribution is 2.27. The fraction of sp³-hybridized carbons (Fsp3) is 0.0455. The van der Waals surface area contributed by atoms with Crippen LogP contribution in [0.5, 0.6) is 5.75 Å². The minimum Gasteiger partial charge on any atom is -0.485 e. The molecule has 0 spiro atoms. The van der Waals surface area contributed by atoms with Crippen LogP contribution in [0.15, 0.2) is 83.4 Å². The van der Waals surface area contributed by atoms with Crippen molar-refractivity contribution >= 4 is 17.3 Å². The fourth-order valence-corrected chi connectivity index (χ4v) is 2.79. The van der Waals surface area contributed by atoms with E-state index in [1.54, 1.807) is 24.3 Å². The van der Waals surface area contributed by atoms with Gasteiger partial charge in [-0.2, -0.15) is 4.98 Å². The first-order chi connectivity index (χ1) is 15.1. The number of hydrogen-bond acceptors (Lipinski definition) is 7. The maximum absolute atomic E-state index is 12.6. The third-order valence-corrected chi connectivity index (χ3v) is 4.33. The third-order valence-electron chi connectivity index (χ3n) is 4.33. The number of nitro benzene ring substituents is 1. The highest BCUT2D eigenvalue weighted by atomic mass is 16.6. The molecular formula is C22H16N4O5. The Balaban J connectivity index is 1.49. The number of carbonyl (C=O) groups is 1. The molecule has 0 aliphatic heterocycles. The minimum atomic E-state index is -0.522. The van der Waals surface area contributed by atoms with Crippen LogP contribution in [0.25, 0.3) is 11.5 Å². The van der Waals surface area contributed by atoms with Crippen LogP contribution in [0.1, 0.15) is 16.2 Å². The number of ether oxygens (including phenoxy) is 1. The fourth-order valence-electron chi connectivity index (χ4n) is 2.79. The van der Waals surface area contributed by atoms with Gasteiger partial charge in [0.1, 0.15) is 5.75 Å². The van der Waals surface area contributed by atoms with Gasteiger partial charge in [-0.3, -0.25) is 14.9 Å². The molecule has 154 valence electrons. The lowest BCUT2D eigenvalue weighted by Crippen LogP contribution is -2.12. The molecule has 0 bridgehead atoms. The van der Waals surface area contributed by atoms with Gasteiger partial charge < -0.3 is 14.6 Å². The first-order valence-electron chi connectivity index (χ1n) is 9.26. The Bertz CT molecular complexity index is 1210. The lowest BCUT2D eigenvalue weighted by atomic mass is 10.1. The molecule has 1 amide bonds. The number of nitrogens with one attached hydrogen (secondary N) is 1. The summed E-state index contributed by atoms with van der Waals surface area (Å²) >= 11 is 0. The molecule has 3 aromatic carbocycles. The van der Waals surface area contributed by atoms with Crippen LogP contribution in [0.4, 0.5) is 11.4 Å². The van der Waals surface area contributed by atoms with Crippen LogP contribution < -0.4 is 10.1 Å². The van der Waals surface area contributed by atoms with Gasteiger partial charge in [-0.05, 0) is 36.4 Å². The maximum atomic E-state index is 12.6. The van der Waals surface area contributed by atoms with Crippen LogP contribution in [-0.4, -0.2) is 21.0 Å². The molecule has 0 radical (unpaired) electrons. The molecule has 0 unspecified atom stereocenters. The standard InChI is InChI=1S/C22H16N4O5/c27-21(15-10-12-16(13-11-15)26(28)29)23-19-9-5-4-8-18(19)22-24-20(25-31-22)14-30-17-6-2-1-3-7-17/h1-13H,14H2,(H,23,27). The average Bonchev–Trinajstić information content (AvgIpc) is 3.27. The average molecular weight is 416 g/mol. The molecule has 0 atom stereocenters. The lowest BCUT2D eigenvalue weighted by Gasteiger charge is -2.08. The minimum absolute atomic E-state index is 0.0898. The molecule has 0 fully saturated rings. The molecule has 1 heterocycles. The van der Waals surface area contributed by atoms with Gasteiger partial charge in [-0.25, -0.2) is 0 Å². The molecule has 1 aromatic heterocycles. The number of amides is 1. The van der Waals surface area contributed by atoms with E-state index >= 15 is 0 Å². The third kappa shape index (κ3) is 4.73. The number of anilines is 1. The molecule has 0 aliphatic rings. The summed E-state index contributed by atoms with van der Waals surface area (Å²) < 4.78 is 11.0. The van der Waals surface area contributed by atoms with Gasteiger partial charge in [0.15, 0.2) is 6.61 Å². The Morgan fingerprint density at radius 2 is 1.71 bits per heavy atom. The Morgan fingerprint density at radius 1 is 1.00 bits per heavy atom. The van der Waals surface area contributed by atoms with E-state index in [4.69, 9.17) is 9.26 Å². The van der Waals surface area contributed by atoms with Gasteiger partial charge in [-0.1, -0.05) is 35.5 Å². The van der Waals surface area contributed by atoms with E-state index in [1.807, 2.05) is 30.3 Å². The lowest BCUT2D eigenvalue weighted by molar-refractivity contribution is -0.384. The van der Waals surface area contributed by atoms with E-state index in [9.17, 15) is 14.9 Å². The van der Waals surface area contributed by atoms with Gasteiger partial charge in [-0.15, -0.1) is 0 Å². The van der Waals surface area contributed by atoms with Crippen molar-refractivity contribution in [2.75, 3.05) is 5.32 Å². The summed E-state index contributed by atoms with van der Waals surface area (Å²) in [6, 6.07) is 21.6. The predicted octanol–water partition coefficient (Wildman–Crippen LogP) is 4.48. The summed E-state index contributed by atoms with van der Waals surface area (Å²) in [5.41, 5.74) is 1.19. The molecule has 4 aromatic rings. The summed E-state index contributed by atoms with van der Waals surface area (Å²) in [6.45, 7) is 0.130. The van der Waals surface area contributed by atoms with Crippen LogP contribution in [0, 0.1) is 10.1 Å². The van der Waals surface area contributed by atoms with Crippen molar-refractivity contribution < 1.29 is 19.0 Å². The Hall–Kier alpha value is -4.53. The van der Waals surface area contributed by atoms with Crippen LogP contribution in [0.3, 0.4) is 0 Å². The molecule has 0 aliphatic carbocycles. The van der Waals surface area contributed by atoms with Crippen molar-refractivity contribution in [3.05, 3.63) is 100 Å². The number of carbonyl (C=O) groups excluding carboxylic acids is 1. The number of benzene rings is 3. The van der Waals surface area contributed by atoms with E-state index < -0.39 is 10.8 Å². The van der Waals surface area contributed by atoms with Crippen molar-refractivity contribution in [1.29, 1.82) is 0 Å². The van der Waals surface area contributed by atoms with E-state index in [2.05, 4.69) is 15.5 Å². The number of hydrogen-bond donors (Lipinski definition) is 1. The van der Waals surface area contributed by atoms with Crippen molar-refractivity contribution in [1.82, 2.24) is 10.1 Å². The molecule has 4 rings (SSSR count). The highest BCUT2D eigenvalue weighted by molar-refractivity contribution is 6.06. The van der Waals surface area contributed by atoms with Crippen LogP contribution in [-0.2, 0) is 6.61 Å². The zero-order chi connectivity index (χ0) is 21.6. The first kappa shape index (κ1) is 19.8. The largest absolute Gasteiger partial charge is 0.485 e. The van der Waals surface area contributed by atoms with Crippen LogP contribution >= 0.6 is 0 Å². The number of nitro groups is 1. The molecule has 0 saturated heterocycles. The zero-order valence-electron chi connectivity index (χ0n) is 16.1. The Morgan fingerprint density at radius 3 is 2.45 bits per heavy atom. The summed E-state index contributed by atoms with van der Waals surface area (Å²) in [4.78, 5) is 27.2. The normalized spacial score (nSPS) is 10.5. The SMILES string of the molecule is O=C(Nc1ccccc1-c1nc(COc2ccccc2)no1)c1ccc([N+](=O)[O-])cc1. The molecular weight excluding hydrogens is 400 g/mol. The van der Waals surface area contributed by atoms with Gasteiger partial charge in [0.25, 0.3) is 17.5 Å². The van der Waals surface area contributed by atoms with Gasteiger partial charge in [0, 0.05) is 17.7 Å². The Kier molecular flexibility index (Phi) is 5.66. The van der Waals surface area contributed by atoms with Crippen molar-refractivity contribution in [3.8, 4) is 17.2 Å². The maximum Gasteiger partial charge on any atom is 0.269 e. The van der Waals surface area contributed by atoms with Crippen molar-refractivity contribution in [3.63, 3.8) is 0 Å². The van der Waals surface area contributed by atoms with E-state index in [0.717, 1.165) is 0 Å². The van der Waals surface area contributed by atoms with Gasteiger partial charge >= 0.3 is 0 Å². The van der Waals surface area contributed by atoms with E-state index in [-0.39, 0.29) is 23.7 Å². The summed E-state index contributed by atoms with van der Waals surface area (Å²) in [7, 11) is 0. The monoisotopic (exact) mass is 416 g/mol. The number of nitrogens with zero attached hydrogens (tertiary/aromatic N) is 3. The molecule has 1 N–H and O–H groups in total. The summed E-state index contributed by atoms with van der Waals surface area (Å²) in [6.07, 6.45) is 0. The zero-order valence-corrected chi connectivity index (χ0v) is 16.1. The second-order valence-corrected chi connectivity index (χ2v) is 6.42. The van der Waals surface area contributed by atoms with E-state index in [1.165, 1.54) is 24.3 Å². The van der Waals surface area contributed by atoms with Crippen molar-refractivity contribution in [2.24, 2.45) is 0 Å². The quantitative estimate of drug-likeness (QED) is 0.348. The molecule has 9 heteroatoms. The number of aromatic nitrogens is 2. The summed E-state index contributed by atoms with van der Waals surface area (Å²) in [5, 5.41) is 17.5. The Labute approximate surface area is 176 Å². The van der Waals surface area contributed by atoms with Crippen LogP contribution in [0.2, 0.25) is 0 Å². The van der Waals surface area contributed by atoms with Gasteiger partial charge in [0.05, 0.1) is 16.2 Å². The smallest absolute Gasteiger partial charge is 0.269 e. The second kappa shape index (κ2) is 8.87. The topological polar surface area (TPSA) is 120 Å². The molecule has 9 nitrogen and oxygen atoms in total. The highest BCUT2D eigenvalue weighted by Gasteiger charge is 2.16. The number of non-ortho nitro benzene ring substituents is 1. The second-order valence-electron chi connectivity index (χ2n) is 6.42. The van der Waals surface area contributed by atoms with Gasteiger partial charge in [0.2, 0.25) is 5.82 Å². The number of rotatable bonds is 7. The first-order valence-corrected chi connectivity index (χ1v) is 9.26. The molecule has 0 saturated carbocycles.